The highest BCUT2D eigenvalue weighted by molar-refractivity contribution is 6.06. The Morgan fingerprint density at radius 2 is 1.65 bits per heavy atom. The lowest BCUT2D eigenvalue weighted by atomic mass is 9.66. The van der Waals surface area contributed by atoms with Crippen LogP contribution in [0.1, 0.15) is 74.1 Å². The van der Waals surface area contributed by atoms with Gasteiger partial charge < -0.3 is 4.74 Å². The van der Waals surface area contributed by atoms with Gasteiger partial charge in [0.05, 0.1) is 6.61 Å². The normalized spacial score (nSPS) is 15.0. The van der Waals surface area contributed by atoms with Crippen LogP contribution < -0.4 is 0 Å². The van der Waals surface area contributed by atoms with Crippen LogP contribution in [-0.2, 0) is 14.3 Å². The van der Waals surface area contributed by atoms with Gasteiger partial charge in [-0.15, -0.1) is 0 Å². The fourth-order valence-corrected chi connectivity index (χ4v) is 2.75. The van der Waals surface area contributed by atoms with Crippen molar-refractivity contribution in [3.8, 4) is 0 Å². The largest absolute Gasteiger partial charge is 0.465 e. The number of ketones is 1. The highest BCUT2D eigenvalue weighted by atomic mass is 16.5. The average molecular weight is 284 g/mol. The summed E-state index contributed by atoms with van der Waals surface area (Å²) in [5.41, 5.74) is -1.51. The molecule has 0 saturated carbocycles. The summed E-state index contributed by atoms with van der Waals surface area (Å²) < 4.78 is 5.26. The van der Waals surface area contributed by atoms with E-state index in [1.807, 2.05) is 20.8 Å². The first-order valence-electron chi connectivity index (χ1n) is 7.84. The quantitative estimate of drug-likeness (QED) is 0.490. The van der Waals surface area contributed by atoms with Crippen molar-refractivity contribution in [1.29, 1.82) is 0 Å². The molecule has 0 saturated heterocycles. The third-order valence-electron chi connectivity index (χ3n) is 3.50. The molecule has 3 nitrogen and oxygen atoms in total. The van der Waals surface area contributed by atoms with Gasteiger partial charge in [-0.1, -0.05) is 54.4 Å². The summed E-state index contributed by atoms with van der Waals surface area (Å²) in [6, 6.07) is 0. The Morgan fingerprint density at radius 3 is 2.00 bits per heavy atom. The van der Waals surface area contributed by atoms with Gasteiger partial charge in [-0.3, -0.25) is 9.59 Å². The maximum atomic E-state index is 12.9. The first-order chi connectivity index (χ1) is 9.11. The van der Waals surface area contributed by atoms with E-state index in [2.05, 4.69) is 20.8 Å². The standard InChI is InChI=1S/C17H32O3/c1-8-10-11-17(12-13(3)4,15(19)20-9-2)14(18)16(5,6)7/h13H,8-12H2,1-7H3. The van der Waals surface area contributed by atoms with Gasteiger partial charge in [0, 0.05) is 5.41 Å². The van der Waals surface area contributed by atoms with Gasteiger partial charge in [0.25, 0.3) is 0 Å². The third kappa shape index (κ3) is 4.92. The van der Waals surface area contributed by atoms with Crippen molar-refractivity contribution in [2.45, 2.75) is 74.1 Å². The van der Waals surface area contributed by atoms with Gasteiger partial charge in [0.15, 0.2) is 5.78 Å². The van der Waals surface area contributed by atoms with Gasteiger partial charge in [-0.25, -0.2) is 0 Å². The second-order valence-corrected chi connectivity index (χ2v) is 7.08. The molecule has 0 aliphatic heterocycles. The topological polar surface area (TPSA) is 43.4 Å². The fraction of sp³-hybridized carbons (Fsp3) is 0.882. The first-order valence-corrected chi connectivity index (χ1v) is 7.84. The van der Waals surface area contributed by atoms with Crippen LogP contribution in [0.15, 0.2) is 0 Å². The average Bonchev–Trinajstić information content (AvgIpc) is 2.32. The molecule has 0 spiro atoms. The summed E-state index contributed by atoms with van der Waals surface area (Å²) in [6.07, 6.45) is 3.00. The van der Waals surface area contributed by atoms with E-state index >= 15 is 0 Å². The Hall–Kier alpha value is -0.860. The monoisotopic (exact) mass is 284 g/mol. The van der Waals surface area contributed by atoms with Crippen molar-refractivity contribution in [1.82, 2.24) is 0 Å². The predicted molar refractivity (Wildman–Crippen MR) is 82.5 cm³/mol. The molecule has 1 unspecified atom stereocenters. The smallest absolute Gasteiger partial charge is 0.319 e. The van der Waals surface area contributed by atoms with Crippen LogP contribution in [0.4, 0.5) is 0 Å². The molecule has 0 aliphatic carbocycles. The number of Topliss-reactive ketones (excluding diaryl/α,β-unsaturated/α-hetero) is 1. The molecule has 0 aromatic rings. The highest BCUT2D eigenvalue weighted by Gasteiger charge is 2.50. The summed E-state index contributed by atoms with van der Waals surface area (Å²) in [7, 11) is 0. The van der Waals surface area contributed by atoms with E-state index < -0.39 is 10.8 Å². The molecule has 1 atom stereocenters. The molecule has 0 heterocycles. The van der Waals surface area contributed by atoms with Gasteiger partial charge in [-0.2, -0.15) is 0 Å². The maximum Gasteiger partial charge on any atom is 0.319 e. The summed E-state index contributed by atoms with van der Waals surface area (Å²) in [4.78, 5) is 25.5. The van der Waals surface area contributed by atoms with Crippen LogP contribution in [0.3, 0.4) is 0 Å². The van der Waals surface area contributed by atoms with E-state index in [4.69, 9.17) is 4.74 Å². The lowest BCUT2D eigenvalue weighted by Crippen LogP contribution is -2.47. The van der Waals surface area contributed by atoms with Crippen molar-refractivity contribution in [3.05, 3.63) is 0 Å². The lowest BCUT2D eigenvalue weighted by Gasteiger charge is -2.36. The SMILES string of the molecule is CCCCC(CC(C)C)(C(=O)OCC)C(=O)C(C)(C)C. The number of hydrogen-bond acceptors (Lipinski definition) is 3. The van der Waals surface area contributed by atoms with E-state index in [9.17, 15) is 9.59 Å². The minimum atomic E-state index is -0.974. The van der Waals surface area contributed by atoms with Crippen molar-refractivity contribution in [3.63, 3.8) is 0 Å². The Balaban J connectivity index is 5.64. The first kappa shape index (κ1) is 19.1. The van der Waals surface area contributed by atoms with Gasteiger partial charge >= 0.3 is 5.97 Å². The molecule has 118 valence electrons. The molecular weight excluding hydrogens is 252 g/mol. The molecule has 0 aliphatic rings. The fourth-order valence-electron chi connectivity index (χ4n) is 2.75. The van der Waals surface area contributed by atoms with Crippen molar-refractivity contribution in [2.24, 2.45) is 16.7 Å². The minimum Gasteiger partial charge on any atom is -0.465 e. The Labute approximate surface area is 124 Å². The number of esters is 1. The molecule has 0 amide bonds. The number of rotatable bonds is 8. The molecule has 0 rings (SSSR count). The molecule has 0 aromatic carbocycles. The second kappa shape index (κ2) is 7.80. The molecule has 0 aromatic heterocycles. The number of hydrogen-bond donors (Lipinski definition) is 0. The lowest BCUT2D eigenvalue weighted by molar-refractivity contribution is -0.165. The van der Waals surface area contributed by atoms with Crippen LogP contribution in [0, 0.1) is 16.7 Å². The zero-order chi connectivity index (χ0) is 16.0. The number of ether oxygens (including phenoxy) is 1. The molecule has 0 radical (unpaired) electrons. The Bertz CT molecular complexity index is 326. The van der Waals surface area contributed by atoms with Crippen LogP contribution >= 0.6 is 0 Å². The van der Waals surface area contributed by atoms with Crippen molar-refractivity contribution in [2.75, 3.05) is 6.61 Å². The third-order valence-corrected chi connectivity index (χ3v) is 3.50. The number of carbonyl (C=O) groups is 2. The van der Waals surface area contributed by atoms with Crippen molar-refractivity contribution >= 4 is 11.8 Å². The van der Waals surface area contributed by atoms with E-state index in [-0.39, 0.29) is 17.7 Å². The molecule has 20 heavy (non-hydrogen) atoms. The van der Waals surface area contributed by atoms with E-state index in [1.165, 1.54) is 0 Å². The molecule has 0 fully saturated rings. The second-order valence-electron chi connectivity index (χ2n) is 7.08. The summed E-state index contributed by atoms with van der Waals surface area (Å²) in [5.74, 6) is -0.0322. The van der Waals surface area contributed by atoms with Crippen LogP contribution in [-0.4, -0.2) is 18.4 Å². The van der Waals surface area contributed by atoms with Crippen LogP contribution in [0.2, 0.25) is 0 Å². The highest BCUT2D eigenvalue weighted by Crippen LogP contribution is 2.40. The molecule has 0 N–H and O–H groups in total. The molecular formula is C17H32O3. The van der Waals surface area contributed by atoms with Crippen molar-refractivity contribution < 1.29 is 14.3 Å². The van der Waals surface area contributed by atoms with E-state index in [1.54, 1.807) is 6.92 Å². The maximum absolute atomic E-state index is 12.9. The van der Waals surface area contributed by atoms with Gasteiger partial charge in [-0.05, 0) is 25.7 Å². The number of carbonyl (C=O) groups excluding carboxylic acids is 2. The molecule has 0 bridgehead atoms. The number of unbranched alkanes of at least 4 members (excludes halogenated alkanes) is 1. The zero-order valence-corrected chi connectivity index (χ0v) is 14.3. The summed E-state index contributed by atoms with van der Waals surface area (Å²) in [5, 5.41) is 0. The van der Waals surface area contributed by atoms with E-state index in [0.29, 0.717) is 19.4 Å². The Kier molecular flexibility index (Phi) is 7.46. The van der Waals surface area contributed by atoms with Gasteiger partial charge in [0.2, 0.25) is 0 Å². The Morgan fingerprint density at radius 1 is 1.10 bits per heavy atom. The predicted octanol–water partition coefficient (Wildman–Crippen LogP) is 4.39. The minimum absolute atomic E-state index is 0.0191. The van der Waals surface area contributed by atoms with Gasteiger partial charge in [0.1, 0.15) is 5.41 Å². The van der Waals surface area contributed by atoms with Crippen LogP contribution in [0.5, 0.6) is 0 Å². The zero-order valence-electron chi connectivity index (χ0n) is 14.3. The molecule has 3 heteroatoms. The summed E-state index contributed by atoms with van der Waals surface area (Å²) in [6.45, 7) is 13.9. The van der Waals surface area contributed by atoms with E-state index in [0.717, 1.165) is 12.8 Å². The van der Waals surface area contributed by atoms with Crippen LogP contribution in [0.25, 0.3) is 0 Å². The summed E-state index contributed by atoms with van der Waals surface area (Å²) >= 11 is 0.